The fraction of sp³-hybridized carbons (Fsp3) is 0.381. The van der Waals surface area contributed by atoms with Crippen LogP contribution in [0.15, 0.2) is 64.4 Å². The molecule has 126 valence electrons. The van der Waals surface area contributed by atoms with Gasteiger partial charge in [0, 0.05) is 16.2 Å². The topological polar surface area (TPSA) is 20.3 Å². The first-order valence-corrected chi connectivity index (χ1v) is 9.51. The van der Waals surface area contributed by atoms with Crippen molar-refractivity contribution in [1.29, 1.82) is 0 Å². The van der Waals surface area contributed by atoms with Crippen molar-refractivity contribution in [3.8, 4) is 0 Å². The number of Topliss-reactive ketones (excluding diaryl/α,β-unsaturated/α-hetero) is 1. The Bertz CT molecular complexity index is 690. The molecule has 2 nitrogen and oxygen atoms in total. The summed E-state index contributed by atoms with van der Waals surface area (Å²) in [5.74, 6) is 0.386. The van der Waals surface area contributed by atoms with Crippen molar-refractivity contribution in [3.63, 3.8) is 0 Å². The maximum Gasteiger partial charge on any atom is 0.143 e. The smallest absolute Gasteiger partial charge is 0.143 e. The van der Waals surface area contributed by atoms with E-state index in [2.05, 4.69) is 60.5 Å². The van der Waals surface area contributed by atoms with Gasteiger partial charge in [0.05, 0.1) is 5.41 Å². The van der Waals surface area contributed by atoms with Crippen LogP contribution in [0.25, 0.3) is 0 Å². The molecule has 0 bridgehead atoms. The maximum absolute atomic E-state index is 13.0. The average Bonchev–Trinajstić information content (AvgIpc) is 2.63. The first-order valence-electron chi connectivity index (χ1n) is 8.70. The summed E-state index contributed by atoms with van der Waals surface area (Å²) in [6.45, 7) is 3.96. The lowest BCUT2D eigenvalue weighted by molar-refractivity contribution is -0.126. The number of piperidine rings is 1. The van der Waals surface area contributed by atoms with Crippen LogP contribution in [0.3, 0.4) is 0 Å². The molecule has 2 aromatic carbocycles. The van der Waals surface area contributed by atoms with Crippen molar-refractivity contribution in [2.24, 2.45) is 0 Å². The summed E-state index contributed by atoms with van der Waals surface area (Å²) < 4.78 is 0. The first-order chi connectivity index (χ1) is 11.7. The Kier molecular flexibility index (Phi) is 5.42. The second-order valence-corrected chi connectivity index (χ2v) is 7.69. The highest BCUT2D eigenvalue weighted by Crippen LogP contribution is 2.43. The Balaban J connectivity index is 2.01. The van der Waals surface area contributed by atoms with E-state index in [-0.39, 0.29) is 5.41 Å². The Morgan fingerprint density at radius 1 is 1.04 bits per heavy atom. The molecule has 0 N–H and O–H groups in total. The highest BCUT2D eigenvalue weighted by atomic mass is 32.2. The van der Waals surface area contributed by atoms with E-state index < -0.39 is 0 Å². The van der Waals surface area contributed by atoms with Gasteiger partial charge in [0.2, 0.25) is 0 Å². The fourth-order valence-electron chi connectivity index (χ4n) is 3.60. The van der Waals surface area contributed by atoms with E-state index >= 15 is 0 Å². The van der Waals surface area contributed by atoms with E-state index in [1.807, 2.05) is 13.0 Å². The van der Waals surface area contributed by atoms with Crippen molar-refractivity contribution >= 4 is 17.5 Å². The zero-order chi connectivity index (χ0) is 17.0. The molecule has 3 heteroatoms. The predicted molar refractivity (Wildman–Crippen MR) is 101 cm³/mol. The normalized spacial score (nSPS) is 17.6. The van der Waals surface area contributed by atoms with E-state index in [1.165, 1.54) is 15.4 Å². The van der Waals surface area contributed by atoms with Gasteiger partial charge in [0.15, 0.2) is 0 Å². The van der Waals surface area contributed by atoms with Crippen LogP contribution in [0.2, 0.25) is 0 Å². The lowest BCUT2D eigenvalue weighted by atomic mass is 9.69. The molecule has 0 aliphatic carbocycles. The maximum atomic E-state index is 13.0. The number of hydrogen-bond donors (Lipinski definition) is 0. The molecule has 1 fully saturated rings. The minimum absolute atomic E-state index is 0.320. The molecule has 0 spiro atoms. The van der Waals surface area contributed by atoms with Gasteiger partial charge < -0.3 is 4.90 Å². The molecular weight excluding hydrogens is 314 g/mol. The van der Waals surface area contributed by atoms with Crippen LogP contribution in [0.4, 0.5) is 0 Å². The van der Waals surface area contributed by atoms with Gasteiger partial charge in [-0.3, -0.25) is 4.79 Å². The molecule has 0 aromatic heterocycles. The number of rotatable bonds is 5. The second kappa shape index (κ2) is 7.54. The second-order valence-electron chi connectivity index (χ2n) is 6.57. The van der Waals surface area contributed by atoms with Crippen LogP contribution in [0, 0.1) is 0 Å². The largest absolute Gasteiger partial charge is 0.306 e. The van der Waals surface area contributed by atoms with Gasteiger partial charge in [-0.2, -0.15) is 0 Å². The van der Waals surface area contributed by atoms with Crippen LogP contribution in [0.5, 0.6) is 0 Å². The number of hydrogen-bond acceptors (Lipinski definition) is 3. The summed E-state index contributed by atoms with van der Waals surface area (Å²) in [4.78, 5) is 17.7. The molecule has 2 aromatic rings. The number of carbonyl (C=O) groups is 1. The van der Waals surface area contributed by atoms with E-state index in [0.29, 0.717) is 12.2 Å². The van der Waals surface area contributed by atoms with Gasteiger partial charge >= 0.3 is 0 Å². The minimum atomic E-state index is -0.320. The average molecular weight is 340 g/mol. The third-order valence-electron chi connectivity index (χ3n) is 5.07. The van der Waals surface area contributed by atoms with Crippen molar-refractivity contribution in [2.75, 3.05) is 20.1 Å². The first kappa shape index (κ1) is 17.2. The third kappa shape index (κ3) is 3.42. The number of ketones is 1. The van der Waals surface area contributed by atoms with E-state index in [1.54, 1.807) is 11.8 Å². The van der Waals surface area contributed by atoms with Gasteiger partial charge in [-0.05, 0) is 56.7 Å². The van der Waals surface area contributed by atoms with Crippen molar-refractivity contribution in [1.82, 2.24) is 4.90 Å². The lowest BCUT2D eigenvalue weighted by Crippen LogP contribution is -2.46. The molecule has 3 rings (SSSR count). The predicted octanol–water partition coefficient (Wildman–Crippen LogP) is 4.78. The summed E-state index contributed by atoms with van der Waals surface area (Å²) in [5.41, 5.74) is 0.901. The van der Waals surface area contributed by atoms with Gasteiger partial charge in [-0.15, -0.1) is 0 Å². The Morgan fingerprint density at radius 2 is 1.67 bits per heavy atom. The molecule has 24 heavy (non-hydrogen) atoms. The number of nitrogens with zero attached hydrogens (tertiary/aromatic N) is 1. The third-order valence-corrected chi connectivity index (χ3v) is 6.15. The molecule has 0 atom stereocenters. The molecule has 0 saturated carbocycles. The van der Waals surface area contributed by atoms with E-state index in [4.69, 9.17) is 0 Å². The summed E-state index contributed by atoms with van der Waals surface area (Å²) in [7, 11) is 2.14. The fourth-order valence-corrected chi connectivity index (χ4v) is 4.67. The molecule has 0 amide bonds. The van der Waals surface area contributed by atoms with Gasteiger partial charge in [-0.1, -0.05) is 55.1 Å². The Morgan fingerprint density at radius 3 is 2.33 bits per heavy atom. The number of carbonyl (C=O) groups excluding carboxylic acids is 1. The molecular formula is C21H25NOS. The van der Waals surface area contributed by atoms with Gasteiger partial charge in [-0.25, -0.2) is 0 Å². The molecule has 1 saturated heterocycles. The van der Waals surface area contributed by atoms with Crippen LogP contribution >= 0.6 is 11.8 Å². The minimum Gasteiger partial charge on any atom is -0.306 e. The van der Waals surface area contributed by atoms with Crippen molar-refractivity contribution in [3.05, 3.63) is 60.2 Å². The van der Waals surface area contributed by atoms with Gasteiger partial charge in [0.1, 0.15) is 5.78 Å². The summed E-state index contributed by atoms with van der Waals surface area (Å²) in [5, 5.41) is 0. The zero-order valence-electron chi connectivity index (χ0n) is 14.5. The summed E-state index contributed by atoms with van der Waals surface area (Å²) in [6.07, 6.45) is 2.44. The Labute approximate surface area is 149 Å². The van der Waals surface area contributed by atoms with Gasteiger partial charge in [0.25, 0.3) is 0 Å². The Hall–Kier alpha value is -1.58. The van der Waals surface area contributed by atoms with Crippen molar-refractivity contribution < 1.29 is 4.79 Å². The van der Waals surface area contributed by atoms with Crippen LogP contribution < -0.4 is 0 Å². The quantitative estimate of drug-likeness (QED) is 0.782. The standard InChI is InChI=1S/C21H25NOS/c1-3-20(23)21(13-15-22(2)16-14-21)18-11-7-8-12-19(18)24-17-9-5-4-6-10-17/h4-12H,3,13-16H2,1-2H3. The lowest BCUT2D eigenvalue weighted by Gasteiger charge is -2.40. The SMILES string of the molecule is CCC(=O)C1(c2ccccc2Sc2ccccc2)CCN(C)CC1. The van der Waals surface area contributed by atoms with Crippen LogP contribution in [-0.2, 0) is 10.2 Å². The van der Waals surface area contributed by atoms with Crippen LogP contribution in [-0.4, -0.2) is 30.8 Å². The number of benzene rings is 2. The van der Waals surface area contributed by atoms with Crippen molar-refractivity contribution in [2.45, 2.75) is 41.4 Å². The van der Waals surface area contributed by atoms with E-state index in [9.17, 15) is 4.79 Å². The summed E-state index contributed by atoms with van der Waals surface area (Å²) >= 11 is 1.77. The van der Waals surface area contributed by atoms with Crippen LogP contribution in [0.1, 0.15) is 31.7 Å². The van der Waals surface area contributed by atoms with E-state index in [0.717, 1.165) is 25.9 Å². The highest BCUT2D eigenvalue weighted by molar-refractivity contribution is 7.99. The molecule has 1 aliphatic rings. The summed E-state index contributed by atoms with van der Waals surface area (Å²) in [6, 6.07) is 18.9. The monoisotopic (exact) mass is 339 g/mol. The molecule has 0 unspecified atom stereocenters. The number of likely N-dealkylation sites (tertiary alicyclic amines) is 1. The molecule has 0 radical (unpaired) electrons. The highest BCUT2D eigenvalue weighted by Gasteiger charge is 2.42. The zero-order valence-corrected chi connectivity index (χ0v) is 15.3. The molecule has 1 heterocycles. The molecule has 1 aliphatic heterocycles.